The van der Waals surface area contributed by atoms with E-state index in [9.17, 15) is 0 Å². The summed E-state index contributed by atoms with van der Waals surface area (Å²) in [5, 5.41) is 0. The van der Waals surface area contributed by atoms with Crippen molar-refractivity contribution in [3.05, 3.63) is 34.9 Å². The van der Waals surface area contributed by atoms with E-state index in [-0.39, 0.29) is 0 Å². The molecule has 1 aliphatic rings. The standard InChI is InChI=1S/C12H17N.C2H6/c1-10-5-6-11-4-3-7-13(2)9-12(11)8-10;1-2/h5-6,8H,3-4,7,9H2,1-2H3;1-2H3. The topological polar surface area (TPSA) is 3.24 Å². The first kappa shape index (κ1) is 12.3. The van der Waals surface area contributed by atoms with E-state index in [2.05, 4.69) is 37.1 Å². The van der Waals surface area contributed by atoms with Crippen molar-refractivity contribution in [1.82, 2.24) is 4.90 Å². The molecule has 84 valence electrons. The third-order valence-electron chi connectivity index (χ3n) is 2.79. The van der Waals surface area contributed by atoms with Crippen molar-refractivity contribution in [1.29, 1.82) is 0 Å². The van der Waals surface area contributed by atoms with Gasteiger partial charge in [0.2, 0.25) is 0 Å². The fourth-order valence-electron chi connectivity index (χ4n) is 2.06. The maximum atomic E-state index is 2.41. The molecule has 0 N–H and O–H groups in total. The summed E-state index contributed by atoms with van der Waals surface area (Å²) in [4.78, 5) is 2.41. The van der Waals surface area contributed by atoms with E-state index in [1.165, 1.54) is 30.5 Å². The van der Waals surface area contributed by atoms with Gasteiger partial charge in [0.05, 0.1) is 0 Å². The molecule has 1 heteroatoms. The van der Waals surface area contributed by atoms with Crippen LogP contribution in [0.5, 0.6) is 0 Å². The molecule has 0 aliphatic carbocycles. The Labute approximate surface area is 94.1 Å². The van der Waals surface area contributed by atoms with Crippen molar-refractivity contribution in [3.63, 3.8) is 0 Å². The van der Waals surface area contributed by atoms with Crippen LogP contribution in [0.15, 0.2) is 18.2 Å². The number of hydrogen-bond acceptors (Lipinski definition) is 1. The highest BCUT2D eigenvalue weighted by Crippen LogP contribution is 2.18. The van der Waals surface area contributed by atoms with Crippen LogP contribution in [0, 0.1) is 6.92 Å². The molecule has 0 spiro atoms. The van der Waals surface area contributed by atoms with E-state index >= 15 is 0 Å². The first-order chi connectivity index (χ1) is 7.25. The van der Waals surface area contributed by atoms with Gasteiger partial charge < -0.3 is 4.90 Å². The predicted octanol–water partition coefficient (Wildman–Crippen LogP) is 3.40. The molecule has 0 saturated heterocycles. The van der Waals surface area contributed by atoms with Crippen LogP contribution in [0.4, 0.5) is 0 Å². The molecule has 0 atom stereocenters. The van der Waals surface area contributed by atoms with Crippen molar-refractivity contribution in [2.75, 3.05) is 13.6 Å². The summed E-state index contributed by atoms with van der Waals surface area (Å²) in [6.45, 7) is 8.52. The molecule has 1 aromatic carbocycles. The summed E-state index contributed by atoms with van der Waals surface area (Å²) in [6.07, 6.45) is 2.55. The molecule has 15 heavy (non-hydrogen) atoms. The largest absolute Gasteiger partial charge is 0.302 e. The lowest BCUT2D eigenvalue weighted by Crippen LogP contribution is -2.17. The third kappa shape index (κ3) is 3.35. The van der Waals surface area contributed by atoms with Crippen LogP contribution in [-0.4, -0.2) is 18.5 Å². The smallest absolute Gasteiger partial charge is 0.0233 e. The highest BCUT2D eigenvalue weighted by molar-refractivity contribution is 5.32. The Bertz CT molecular complexity index is 304. The summed E-state index contributed by atoms with van der Waals surface area (Å²) in [7, 11) is 2.21. The number of hydrogen-bond donors (Lipinski definition) is 0. The molecule has 0 saturated carbocycles. The van der Waals surface area contributed by atoms with Gasteiger partial charge in [0.1, 0.15) is 0 Å². The van der Waals surface area contributed by atoms with Crippen molar-refractivity contribution in [3.8, 4) is 0 Å². The lowest BCUT2D eigenvalue weighted by atomic mass is 10.0. The molecule has 0 amide bonds. The van der Waals surface area contributed by atoms with E-state index in [0.717, 1.165) is 6.54 Å². The Hall–Kier alpha value is -0.820. The summed E-state index contributed by atoms with van der Waals surface area (Å²) in [6, 6.07) is 6.85. The van der Waals surface area contributed by atoms with Crippen molar-refractivity contribution in [2.24, 2.45) is 0 Å². The summed E-state index contributed by atoms with van der Waals surface area (Å²) in [5.41, 5.74) is 4.46. The number of fused-ring (bicyclic) bond motifs is 1. The van der Waals surface area contributed by atoms with E-state index in [1.807, 2.05) is 13.8 Å². The van der Waals surface area contributed by atoms with Gasteiger partial charge in [-0.05, 0) is 44.5 Å². The second-order valence-corrected chi connectivity index (χ2v) is 4.11. The van der Waals surface area contributed by atoms with E-state index in [4.69, 9.17) is 0 Å². The van der Waals surface area contributed by atoms with Gasteiger partial charge in [-0.25, -0.2) is 0 Å². The molecule has 0 unspecified atom stereocenters. The zero-order chi connectivity index (χ0) is 11.3. The second kappa shape index (κ2) is 5.92. The van der Waals surface area contributed by atoms with Gasteiger partial charge >= 0.3 is 0 Å². The average Bonchev–Trinajstić information content (AvgIpc) is 2.41. The van der Waals surface area contributed by atoms with E-state index in [1.54, 1.807) is 5.56 Å². The first-order valence-corrected chi connectivity index (χ1v) is 6.02. The molecule has 0 aromatic heterocycles. The Morgan fingerprint density at radius 1 is 1.13 bits per heavy atom. The summed E-state index contributed by atoms with van der Waals surface area (Å²) in [5.74, 6) is 0. The lowest BCUT2D eigenvalue weighted by molar-refractivity contribution is 0.332. The fraction of sp³-hybridized carbons (Fsp3) is 0.571. The predicted molar refractivity (Wildman–Crippen MR) is 67.2 cm³/mol. The lowest BCUT2D eigenvalue weighted by Gasteiger charge is -2.13. The normalized spacial score (nSPS) is 16.0. The highest BCUT2D eigenvalue weighted by Gasteiger charge is 2.10. The monoisotopic (exact) mass is 205 g/mol. The summed E-state index contributed by atoms with van der Waals surface area (Å²) >= 11 is 0. The van der Waals surface area contributed by atoms with Gasteiger partial charge in [0.15, 0.2) is 0 Å². The summed E-state index contributed by atoms with van der Waals surface area (Å²) < 4.78 is 0. The van der Waals surface area contributed by atoms with Crippen molar-refractivity contribution in [2.45, 2.75) is 40.2 Å². The Morgan fingerprint density at radius 2 is 1.87 bits per heavy atom. The molecule has 1 aliphatic heterocycles. The van der Waals surface area contributed by atoms with Gasteiger partial charge in [-0.1, -0.05) is 37.6 Å². The zero-order valence-corrected chi connectivity index (χ0v) is 10.5. The van der Waals surface area contributed by atoms with Gasteiger partial charge in [-0.2, -0.15) is 0 Å². The maximum Gasteiger partial charge on any atom is 0.0233 e. The third-order valence-corrected chi connectivity index (χ3v) is 2.79. The van der Waals surface area contributed by atoms with Crippen molar-refractivity contribution < 1.29 is 0 Å². The molecular formula is C14H23N. The van der Waals surface area contributed by atoms with Gasteiger partial charge in [0, 0.05) is 6.54 Å². The Kier molecular flexibility index (Phi) is 4.83. The van der Waals surface area contributed by atoms with Crippen LogP contribution in [0.1, 0.15) is 37.0 Å². The highest BCUT2D eigenvalue weighted by atomic mass is 15.1. The maximum absolute atomic E-state index is 2.41. The first-order valence-electron chi connectivity index (χ1n) is 6.02. The number of nitrogens with zero attached hydrogens (tertiary/aromatic N) is 1. The Morgan fingerprint density at radius 3 is 2.60 bits per heavy atom. The van der Waals surface area contributed by atoms with Gasteiger partial charge in [-0.3, -0.25) is 0 Å². The van der Waals surface area contributed by atoms with E-state index in [0.29, 0.717) is 0 Å². The minimum absolute atomic E-state index is 1.12. The van der Waals surface area contributed by atoms with Gasteiger partial charge in [-0.15, -0.1) is 0 Å². The van der Waals surface area contributed by atoms with Crippen LogP contribution in [0.2, 0.25) is 0 Å². The molecule has 0 fully saturated rings. The molecule has 1 aromatic rings. The van der Waals surface area contributed by atoms with Crippen LogP contribution in [0.25, 0.3) is 0 Å². The van der Waals surface area contributed by atoms with Crippen LogP contribution in [0.3, 0.4) is 0 Å². The van der Waals surface area contributed by atoms with Crippen LogP contribution in [-0.2, 0) is 13.0 Å². The SMILES string of the molecule is CC.Cc1ccc2c(c1)CN(C)CCC2. The minimum Gasteiger partial charge on any atom is -0.302 e. The molecule has 1 heterocycles. The van der Waals surface area contributed by atoms with Crippen LogP contribution < -0.4 is 0 Å². The second-order valence-electron chi connectivity index (χ2n) is 4.11. The van der Waals surface area contributed by atoms with E-state index < -0.39 is 0 Å². The number of rotatable bonds is 0. The zero-order valence-electron chi connectivity index (χ0n) is 10.5. The molecular weight excluding hydrogens is 182 g/mol. The Balaban J connectivity index is 0.000000531. The van der Waals surface area contributed by atoms with Crippen molar-refractivity contribution >= 4 is 0 Å². The fourth-order valence-corrected chi connectivity index (χ4v) is 2.06. The number of aryl methyl sites for hydroxylation is 2. The minimum atomic E-state index is 1.12. The van der Waals surface area contributed by atoms with Crippen LogP contribution >= 0.6 is 0 Å². The number of benzene rings is 1. The molecule has 1 nitrogen and oxygen atoms in total. The molecule has 0 radical (unpaired) electrons. The molecule has 0 bridgehead atoms. The molecule has 2 rings (SSSR count). The average molecular weight is 205 g/mol. The quantitative estimate of drug-likeness (QED) is 0.627. The van der Waals surface area contributed by atoms with Gasteiger partial charge in [0.25, 0.3) is 0 Å².